The molecule has 0 bridgehead atoms. The van der Waals surface area contributed by atoms with Gasteiger partial charge in [-0.15, -0.1) is 0 Å². The SMILES string of the molecule is COc1c(CC(=O)O)cccc1C(C)(C)C. The highest BCUT2D eigenvalue weighted by atomic mass is 16.5. The average molecular weight is 222 g/mol. The van der Waals surface area contributed by atoms with Gasteiger partial charge in [0.2, 0.25) is 0 Å². The molecular weight excluding hydrogens is 204 g/mol. The van der Waals surface area contributed by atoms with Gasteiger partial charge in [-0.1, -0.05) is 39.0 Å². The summed E-state index contributed by atoms with van der Waals surface area (Å²) in [6.07, 6.45) is -0.00685. The van der Waals surface area contributed by atoms with Crippen LogP contribution in [0.4, 0.5) is 0 Å². The Hall–Kier alpha value is -1.51. The number of para-hydroxylation sites is 1. The lowest BCUT2D eigenvalue weighted by Gasteiger charge is -2.23. The highest BCUT2D eigenvalue weighted by Gasteiger charge is 2.21. The van der Waals surface area contributed by atoms with Crippen LogP contribution in [-0.4, -0.2) is 18.2 Å². The fourth-order valence-electron chi connectivity index (χ4n) is 1.72. The lowest BCUT2D eigenvalue weighted by Crippen LogP contribution is -2.14. The molecule has 88 valence electrons. The molecule has 3 heteroatoms. The minimum absolute atomic E-state index is 0.00685. The Morgan fingerprint density at radius 1 is 1.38 bits per heavy atom. The zero-order valence-electron chi connectivity index (χ0n) is 10.2. The summed E-state index contributed by atoms with van der Waals surface area (Å²) in [5.74, 6) is -0.151. The first-order chi connectivity index (χ1) is 7.36. The quantitative estimate of drug-likeness (QED) is 0.855. The predicted molar refractivity (Wildman–Crippen MR) is 63.0 cm³/mol. The molecule has 0 heterocycles. The number of carboxylic acid groups (broad SMARTS) is 1. The summed E-state index contributed by atoms with van der Waals surface area (Å²) in [5.41, 5.74) is 1.70. The zero-order valence-corrected chi connectivity index (χ0v) is 10.2. The van der Waals surface area contributed by atoms with Crippen LogP contribution in [-0.2, 0) is 16.6 Å². The third kappa shape index (κ3) is 2.75. The van der Waals surface area contributed by atoms with Crippen LogP contribution in [0, 0.1) is 0 Å². The highest BCUT2D eigenvalue weighted by molar-refractivity contribution is 5.71. The van der Waals surface area contributed by atoms with Crippen molar-refractivity contribution in [2.45, 2.75) is 32.6 Å². The standard InChI is InChI=1S/C13H18O3/c1-13(2,3)10-7-5-6-9(8-11(14)15)12(10)16-4/h5-7H,8H2,1-4H3,(H,14,15). The Morgan fingerprint density at radius 3 is 2.44 bits per heavy atom. The van der Waals surface area contributed by atoms with Crippen LogP contribution in [0.2, 0.25) is 0 Å². The number of aliphatic carboxylic acids is 1. The van der Waals surface area contributed by atoms with E-state index in [1.807, 2.05) is 12.1 Å². The fourth-order valence-corrected chi connectivity index (χ4v) is 1.72. The summed E-state index contributed by atoms with van der Waals surface area (Å²) in [6, 6.07) is 5.65. The van der Waals surface area contributed by atoms with Crippen LogP contribution in [0.1, 0.15) is 31.9 Å². The molecule has 0 aromatic heterocycles. The smallest absolute Gasteiger partial charge is 0.307 e. The number of ether oxygens (including phenoxy) is 1. The first kappa shape index (κ1) is 12.6. The maximum atomic E-state index is 10.7. The van der Waals surface area contributed by atoms with Crippen molar-refractivity contribution >= 4 is 5.97 Å². The van der Waals surface area contributed by atoms with Crippen LogP contribution < -0.4 is 4.74 Å². The van der Waals surface area contributed by atoms with Gasteiger partial charge in [0.1, 0.15) is 5.75 Å². The molecule has 0 spiro atoms. The number of hydrogen-bond acceptors (Lipinski definition) is 2. The number of carbonyl (C=O) groups is 1. The fraction of sp³-hybridized carbons (Fsp3) is 0.462. The van der Waals surface area contributed by atoms with Crippen molar-refractivity contribution in [1.82, 2.24) is 0 Å². The second-order valence-electron chi connectivity index (χ2n) is 4.82. The van der Waals surface area contributed by atoms with Gasteiger partial charge in [-0.05, 0) is 11.0 Å². The molecule has 1 rings (SSSR count). The summed E-state index contributed by atoms with van der Waals surface area (Å²) in [5, 5.41) is 8.83. The molecule has 1 aromatic rings. The van der Waals surface area contributed by atoms with E-state index in [1.54, 1.807) is 13.2 Å². The van der Waals surface area contributed by atoms with Gasteiger partial charge in [0.25, 0.3) is 0 Å². The summed E-state index contributed by atoms with van der Waals surface area (Å²) in [6.45, 7) is 6.24. The summed E-state index contributed by atoms with van der Waals surface area (Å²) < 4.78 is 5.34. The third-order valence-corrected chi connectivity index (χ3v) is 2.45. The summed E-state index contributed by atoms with van der Waals surface area (Å²) in [7, 11) is 1.58. The molecule has 0 aliphatic rings. The molecule has 0 saturated carbocycles. The first-order valence-corrected chi connectivity index (χ1v) is 5.24. The molecule has 0 atom stereocenters. The molecule has 0 amide bonds. The monoisotopic (exact) mass is 222 g/mol. The molecule has 16 heavy (non-hydrogen) atoms. The number of hydrogen-bond donors (Lipinski definition) is 1. The van der Waals surface area contributed by atoms with Gasteiger partial charge >= 0.3 is 5.97 Å². The van der Waals surface area contributed by atoms with Crippen LogP contribution >= 0.6 is 0 Å². The van der Waals surface area contributed by atoms with E-state index in [4.69, 9.17) is 9.84 Å². The largest absolute Gasteiger partial charge is 0.496 e. The van der Waals surface area contributed by atoms with E-state index in [9.17, 15) is 4.79 Å². The minimum atomic E-state index is -0.843. The Kier molecular flexibility index (Phi) is 3.58. The summed E-state index contributed by atoms with van der Waals surface area (Å²) >= 11 is 0. The average Bonchev–Trinajstić information content (AvgIpc) is 2.15. The molecule has 0 fully saturated rings. The predicted octanol–water partition coefficient (Wildman–Crippen LogP) is 2.62. The Balaban J connectivity index is 3.26. The molecule has 0 aliphatic carbocycles. The van der Waals surface area contributed by atoms with Crippen LogP contribution in [0.3, 0.4) is 0 Å². The Morgan fingerprint density at radius 2 is 2.00 bits per heavy atom. The number of benzene rings is 1. The van der Waals surface area contributed by atoms with Gasteiger partial charge in [0, 0.05) is 5.56 Å². The minimum Gasteiger partial charge on any atom is -0.496 e. The lowest BCUT2D eigenvalue weighted by molar-refractivity contribution is -0.136. The van der Waals surface area contributed by atoms with E-state index in [-0.39, 0.29) is 11.8 Å². The number of methoxy groups -OCH3 is 1. The van der Waals surface area contributed by atoms with E-state index >= 15 is 0 Å². The summed E-state index contributed by atoms with van der Waals surface area (Å²) in [4.78, 5) is 10.7. The van der Waals surface area contributed by atoms with Gasteiger partial charge in [-0.2, -0.15) is 0 Å². The molecule has 0 aliphatic heterocycles. The van der Waals surface area contributed by atoms with Crippen molar-refractivity contribution in [1.29, 1.82) is 0 Å². The number of rotatable bonds is 3. The van der Waals surface area contributed by atoms with Gasteiger partial charge in [0.15, 0.2) is 0 Å². The molecular formula is C13H18O3. The van der Waals surface area contributed by atoms with Crippen molar-refractivity contribution in [2.75, 3.05) is 7.11 Å². The van der Waals surface area contributed by atoms with Crippen LogP contribution in [0.25, 0.3) is 0 Å². The molecule has 3 nitrogen and oxygen atoms in total. The van der Waals surface area contributed by atoms with Crippen molar-refractivity contribution < 1.29 is 14.6 Å². The third-order valence-electron chi connectivity index (χ3n) is 2.45. The van der Waals surface area contributed by atoms with Crippen molar-refractivity contribution in [3.8, 4) is 5.75 Å². The maximum absolute atomic E-state index is 10.7. The van der Waals surface area contributed by atoms with Crippen LogP contribution in [0.5, 0.6) is 5.75 Å². The van der Waals surface area contributed by atoms with Crippen molar-refractivity contribution in [3.05, 3.63) is 29.3 Å². The zero-order chi connectivity index (χ0) is 12.3. The lowest BCUT2D eigenvalue weighted by atomic mass is 9.85. The molecule has 0 saturated heterocycles. The van der Waals surface area contributed by atoms with Gasteiger partial charge in [0.05, 0.1) is 13.5 Å². The van der Waals surface area contributed by atoms with E-state index in [0.717, 1.165) is 11.1 Å². The maximum Gasteiger partial charge on any atom is 0.307 e. The van der Waals surface area contributed by atoms with E-state index in [0.29, 0.717) is 5.75 Å². The highest BCUT2D eigenvalue weighted by Crippen LogP contribution is 2.34. The van der Waals surface area contributed by atoms with Gasteiger partial charge in [-0.3, -0.25) is 4.79 Å². The second kappa shape index (κ2) is 4.56. The Bertz CT molecular complexity index is 389. The van der Waals surface area contributed by atoms with E-state index in [2.05, 4.69) is 20.8 Å². The first-order valence-electron chi connectivity index (χ1n) is 5.24. The van der Waals surface area contributed by atoms with Crippen molar-refractivity contribution in [3.63, 3.8) is 0 Å². The topological polar surface area (TPSA) is 46.5 Å². The van der Waals surface area contributed by atoms with E-state index < -0.39 is 5.97 Å². The molecule has 0 radical (unpaired) electrons. The Labute approximate surface area is 96.1 Å². The van der Waals surface area contributed by atoms with Crippen molar-refractivity contribution in [2.24, 2.45) is 0 Å². The van der Waals surface area contributed by atoms with Crippen LogP contribution in [0.15, 0.2) is 18.2 Å². The normalized spacial score (nSPS) is 11.2. The number of carboxylic acids is 1. The molecule has 0 unspecified atom stereocenters. The molecule has 1 N–H and O–H groups in total. The second-order valence-corrected chi connectivity index (χ2v) is 4.82. The molecule has 1 aromatic carbocycles. The van der Waals surface area contributed by atoms with Gasteiger partial charge < -0.3 is 9.84 Å². The van der Waals surface area contributed by atoms with E-state index in [1.165, 1.54) is 0 Å². The van der Waals surface area contributed by atoms with Gasteiger partial charge in [-0.25, -0.2) is 0 Å².